The summed E-state index contributed by atoms with van der Waals surface area (Å²) in [5.41, 5.74) is 1.16. The van der Waals surface area contributed by atoms with E-state index in [2.05, 4.69) is 5.32 Å². The average Bonchev–Trinajstić information content (AvgIpc) is 2.99. The second-order valence-electron chi connectivity index (χ2n) is 6.38. The number of hydrogen-bond acceptors (Lipinski definition) is 4. The Morgan fingerprint density at radius 2 is 1.92 bits per heavy atom. The molecular weight excluding hydrogens is 326 g/mol. The van der Waals surface area contributed by atoms with E-state index in [0.29, 0.717) is 0 Å². The summed E-state index contributed by atoms with van der Waals surface area (Å²) >= 11 is 1.59. The van der Waals surface area contributed by atoms with E-state index in [0.717, 1.165) is 16.0 Å². The van der Waals surface area contributed by atoms with Crippen LogP contribution in [0.25, 0.3) is 10.4 Å². The Morgan fingerprint density at radius 1 is 1.21 bits per heavy atom. The topological polar surface area (TPSA) is 75.6 Å². The molecular formula is C18H21NO4S. The van der Waals surface area contributed by atoms with Gasteiger partial charge < -0.3 is 15.2 Å². The summed E-state index contributed by atoms with van der Waals surface area (Å²) in [5, 5.41) is 13.8. The fraction of sp³-hybridized carbons (Fsp3) is 0.333. The van der Waals surface area contributed by atoms with Crippen molar-refractivity contribution in [3.05, 3.63) is 47.3 Å². The normalized spacial score (nSPS) is 12.5. The summed E-state index contributed by atoms with van der Waals surface area (Å²) in [6, 6.07) is 10.5. The molecule has 2 rings (SSSR count). The number of alkyl carbamates (subject to hydrolysis) is 1. The number of amides is 1. The predicted molar refractivity (Wildman–Crippen MR) is 94.3 cm³/mol. The van der Waals surface area contributed by atoms with Gasteiger partial charge in [-0.1, -0.05) is 30.3 Å². The van der Waals surface area contributed by atoms with Crippen molar-refractivity contribution in [2.24, 2.45) is 0 Å². The summed E-state index contributed by atoms with van der Waals surface area (Å²) in [7, 11) is 0. The van der Waals surface area contributed by atoms with Crippen molar-refractivity contribution in [2.45, 2.75) is 38.8 Å². The molecule has 1 aromatic heterocycles. The molecule has 5 nitrogen and oxygen atoms in total. The molecule has 6 heteroatoms. The Bertz CT molecular complexity index is 704. The second kappa shape index (κ2) is 7.49. The van der Waals surface area contributed by atoms with Gasteiger partial charge >= 0.3 is 12.1 Å². The van der Waals surface area contributed by atoms with E-state index in [1.54, 1.807) is 32.1 Å². The van der Waals surface area contributed by atoms with Crippen molar-refractivity contribution < 1.29 is 19.4 Å². The molecule has 24 heavy (non-hydrogen) atoms. The van der Waals surface area contributed by atoms with Gasteiger partial charge in [0, 0.05) is 11.3 Å². The van der Waals surface area contributed by atoms with Gasteiger partial charge in [0.05, 0.1) is 0 Å². The number of rotatable bonds is 5. The van der Waals surface area contributed by atoms with Crippen molar-refractivity contribution >= 4 is 23.4 Å². The standard InChI is InChI=1S/C18H21NO4S/c1-18(2,3)23-17(22)19-14(16(20)21)11-12-7-4-5-8-13(12)15-9-6-10-24-15/h4-10,14H,11H2,1-3H3,(H,19,22)(H,20,21). The summed E-state index contributed by atoms with van der Waals surface area (Å²) < 4.78 is 5.15. The maximum atomic E-state index is 11.9. The SMILES string of the molecule is CC(C)(C)OC(=O)NC(Cc1ccccc1-c1cccs1)C(=O)O. The highest BCUT2D eigenvalue weighted by Gasteiger charge is 2.25. The zero-order valence-electron chi connectivity index (χ0n) is 13.9. The average molecular weight is 347 g/mol. The number of carbonyl (C=O) groups excluding carboxylic acids is 1. The van der Waals surface area contributed by atoms with E-state index in [1.807, 2.05) is 41.8 Å². The molecule has 1 aromatic carbocycles. The van der Waals surface area contributed by atoms with E-state index in [1.165, 1.54) is 0 Å². The molecule has 1 unspecified atom stereocenters. The quantitative estimate of drug-likeness (QED) is 0.859. The van der Waals surface area contributed by atoms with E-state index in [-0.39, 0.29) is 6.42 Å². The number of benzene rings is 1. The molecule has 0 aliphatic carbocycles. The van der Waals surface area contributed by atoms with Crippen LogP contribution in [0.15, 0.2) is 41.8 Å². The predicted octanol–water partition coefficient (Wildman–Crippen LogP) is 3.94. The molecule has 1 amide bonds. The Hall–Kier alpha value is -2.34. The van der Waals surface area contributed by atoms with E-state index in [4.69, 9.17) is 4.74 Å². The first-order chi connectivity index (χ1) is 11.3. The molecule has 1 heterocycles. The Labute approximate surface area is 145 Å². The number of thiophene rings is 1. The minimum absolute atomic E-state index is 0.183. The monoisotopic (exact) mass is 347 g/mol. The van der Waals surface area contributed by atoms with E-state index < -0.39 is 23.7 Å². The molecule has 0 fully saturated rings. The Kier molecular flexibility index (Phi) is 5.62. The van der Waals surface area contributed by atoms with E-state index in [9.17, 15) is 14.7 Å². The lowest BCUT2D eigenvalue weighted by Crippen LogP contribution is -2.44. The van der Waals surface area contributed by atoms with Gasteiger partial charge in [0.25, 0.3) is 0 Å². The van der Waals surface area contributed by atoms with Crippen molar-refractivity contribution in [3.8, 4) is 10.4 Å². The zero-order chi connectivity index (χ0) is 17.7. The molecule has 0 spiro atoms. The number of carboxylic acid groups (broad SMARTS) is 1. The van der Waals surface area contributed by atoms with Gasteiger partial charge in [0.1, 0.15) is 11.6 Å². The summed E-state index contributed by atoms with van der Waals surface area (Å²) in [6.45, 7) is 5.19. The molecule has 0 saturated heterocycles. The van der Waals surface area contributed by atoms with Gasteiger partial charge in [-0.2, -0.15) is 0 Å². The minimum Gasteiger partial charge on any atom is -0.480 e. The Morgan fingerprint density at radius 3 is 2.50 bits per heavy atom. The van der Waals surface area contributed by atoms with Crippen molar-refractivity contribution in [3.63, 3.8) is 0 Å². The molecule has 0 bridgehead atoms. The van der Waals surface area contributed by atoms with Crippen LogP contribution < -0.4 is 5.32 Å². The third kappa shape index (κ3) is 5.09. The molecule has 1 atom stereocenters. The van der Waals surface area contributed by atoms with Crippen molar-refractivity contribution in [1.29, 1.82) is 0 Å². The van der Waals surface area contributed by atoms with Crippen molar-refractivity contribution in [2.75, 3.05) is 0 Å². The fourth-order valence-electron chi connectivity index (χ4n) is 2.24. The largest absolute Gasteiger partial charge is 0.480 e. The summed E-state index contributed by atoms with van der Waals surface area (Å²) in [4.78, 5) is 24.5. The lowest BCUT2D eigenvalue weighted by atomic mass is 9.99. The molecule has 0 aliphatic heterocycles. The number of nitrogens with one attached hydrogen (secondary N) is 1. The number of aliphatic carboxylic acids is 1. The summed E-state index contributed by atoms with van der Waals surface area (Å²) in [5.74, 6) is -1.10. The van der Waals surface area contributed by atoms with Crippen LogP contribution in [0.4, 0.5) is 4.79 Å². The lowest BCUT2D eigenvalue weighted by molar-refractivity contribution is -0.139. The van der Waals surface area contributed by atoms with Crippen molar-refractivity contribution in [1.82, 2.24) is 5.32 Å². The highest BCUT2D eigenvalue weighted by atomic mass is 32.1. The summed E-state index contributed by atoms with van der Waals surface area (Å²) in [6.07, 6.45) is -0.550. The van der Waals surface area contributed by atoms with Crippen LogP contribution in [0.2, 0.25) is 0 Å². The van der Waals surface area contributed by atoms with Crippen LogP contribution in [-0.2, 0) is 16.0 Å². The number of ether oxygens (including phenoxy) is 1. The maximum absolute atomic E-state index is 11.9. The smallest absolute Gasteiger partial charge is 0.408 e. The maximum Gasteiger partial charge on any atom is 0.408 e. The molecule has 2 N–H and O–H groups in total. The molecule has 2 aromatic rings. The second-order valence-corrected chi connectivity index (χ2v) is 7.32. The van der Waals surface area contributed by atoms with Gasteiger partial charge in [-0.3, -0.25) is 0 Å². The van der Waals surface area contributed by atoms with Gasteiger partial charge in [0.15, 0.2) is 0 Å². The number of hydrogen-bond donors (Lipinski definition) is 2. The number of carbonyl (C=O) groups is 2. The highest BCUT2D eigenvalue weighted by molar-refractivity contribution is 7.13. The lowest BCUT2D eigenvalue weighted by Gasteiger charge is -2.22. The highest BCUT2D eigenvalue weighted by Crippen LogP contribution is 2.28. The first-order valence-electron chi connectivity index (χ1n) is 7.60. The van der Waals surface area contributed by atoms with E-state index >= 15 is 0 Å². The van der Waals surface area contributed by atoms with Gasteiger partial charge in [-0.05, 0) is 43.3 Å². The van der Waals surface area contributed by atoms with Crippen LogP contribution >= 0.6 is 11.3 Å². The van der Waals surface area contributed by atoms with Crippen LogP contribution in [0.3, 0.4) is 0 Å². The van der Waals surface area contributed by atoms with Gasteiger partial charge in [-0.15, -0.1) is 11.3 Å². The first kappa shape index (κ1) is 18.0. The zero-order valence-corrected chi connectivity index (χ0v) is 14.7. The third-order valence-electron chi connectivity index (χ3n) is 3.22. The fourth-order valence-corrected chi connectivity index (χ4v) is 3.03. The van der Waals surface area contributed by atoms with Gasteiger partial charge in [-0.25, -0.2) is 9.59 Å². The minimum atomic E-state index is -1.10. The van der Waals surface area contributed by atoms with Crippen LogP contribution in [0.5, 0.6) is 0 Å². The molecule has 0 aliphatic rings. The van der Waals surface area contributed by atoms with Crippen LogP contribution in [-0.4, -0.2) is 28.8 Å². The third-order valence-corrected chi connectivity index (χ3v) is 4.12. The van der Waals surface area contributed by atoms with Crippen LogP contribution in [0.1, 0.15) is 26.3 Å². The molecule has 0 saturated carbocycles. The van der Waals surface area contributed by atoms with Crippen LogP contribution in [0, 0.1) is 0 Å². The first-order valence-corrected chi connectivity index (χ1v) is 8.48. The molecule has 0 radical (unpaired) electrons. The molecule has 128 valence electrons. The van der Waals surface area contributed by atoms with Gasteiger partial charge in [0.2, 0.25) is 0 Å². The Balaban J connectivity index is 2.17. The number of carboxylic acids is 1.